The second kappa shape index (κ2) is 3.87. The Balaban J connectivity index is 2.73. The minimum atomic E-state index is -0.167. The van der Waals surface area contributed by atoms with Crippen LogP contribution in [-0.4, -0.2) is 20.3 Å². The number of hydrogen-bond acceptors (Lipinski definition) is 3. The standard InChI is InChI=1S/C9H18N4/c1-4-9(3,10)6-8-11-7-12-13(8)5-2/h7H,4-6,10H2,1-3H3. The SMILES string of the molecule is CCn1ncnc1CC(C)(N)CC. The topological polar surface area (TPSA) is 56.7 Å². The molecule has 0 amide bonds. The first-order valence-electron chi connectivity index (χ1n) is 4.74. The van der Waals surface area contributed by atoms with Gasteiger partial charge in [0.15, 0.2) is 0 Å². The van der Waals surface area contributed by atoms with Gasteiger partial charge in [0.2, 0.25) is 0 Å². The van der Waals surface area contributed by atoms with Crippen LogP contribution in [0.4, 0.5) is 0 Å². The Hall–Kier alpha value is -0.900. The van der Waals surface area contributed by atoms with Crippen molar-refractivity contribution >= 4 is 0 Å². The Bertz CT molecular complexity index is 264. The highest BCUT2D eigenvalue weighted by Crippen LogP contribution is 2.11. The van der Waals surface area contributed by atoms with Gasteiger partial charge in [0.25, 0.3) is 0 Å². The summed E-state index contributed by atoms with van der Waals surface area (Å²) in [5.41, 5.74) is 5.88. The average molecular weight is 182 g/mol. The molecule has 0 aliphatic rings. The Morgan fingerprint density at radius 3 is 2.77 bits per heavy atom. The predicted octanol–water partition coefficient (Wildman–Crippen LogP) is 0.968. The zero-order valence-electron chi connectivity index (χ0n) is 8.62. The molecule has 0 radical (unpaired) electrons. The lowest BCUT2D eigenvalue weighted by atomic mass is 9.96. The fourth-order valence-electron chi connectivity index (χ4n) is 1.18. The van der Waals surface area contributed by atoms with Gasteiger partial charge in [-0.05, 0) is 20.3 Å². The van der Waals surface area contributed by atoms with Crippen molar-refractivity contribution in [3.8, 4) is 0 Å². The Kier molecular flexibility index (Phi) is 3.03. The normalized spacial score (nSPS) is 15.7. The second-order valence-electron chi connectivity index (χ2n) is 3.68. The molecule has 4 heteroatoms. The lowest BCUT2D eigenvalue weighted by molar-refractivity contribution is 0.425. The largest absolute Gasteiger partial charge is 0.325 e. The van der Waals surface area contributed by atoms with E-state index in [-0.39, 0.29) is 5.54 Å². The third-order valence-corrected chi connectivity index (χ3v) is 2.36. The van der Waals surface area contributed by atoms with Gasteiger partial charge in [0.05, 0.1) is 0 Å². The van der Waals surface area contributed by atoms with Gasteiger partial charge in [-0.25, -0.2) is 4.98 Å². The fourth-order valence-corrected chi connectivity index (χ4v) is 1.18. The number of nitrogens with two attached hydrogens (primary N) is 1. The maximum atomic E-state index is 6.05. The van der Waals surface area contributed by atoms with Crippen LogP contribution < -0.4 is 5.73 Å². The molecule has 1 unspecified atom stereocenters. The van der Waals surface area contributed by atoms with E-state index in [1.165, 1.54) is 0 Å². The molecule has 1 aromatic heterocycles. The van der Waals surface area contributed by atoms with Crippen LogP contribution in [0.2, 0.25) is 0 Å². The summed E-state index contributed by atoms with van der Waals surface area (Å²) in [6, 6.07) is 0. The zero-order chi connectivity index (χ0) is 9.90. The molecule has 0 saturated carbocycles. The van der Waals surface area contributed by atoms with Crippen LogP contribution in [0.25, 0.3) is 0 Å². The Morgan fingerprint density at radius 2 is 2.23 bits per heavy atom. The number of rotatable bonds is 4. The lowest BCUT2D eigenvalue weighted by Gasteiger charge is -2.21. The number of nitrogens with zero attached hydrogens (tertiary/aromatic N) is 3. The van der Waals surface area contributed by atoms with Crippen LogP contribution in [0.1, 0.15) is 33.0 Å². The van der Waals surface area contributed by atoms with E-state index in [0.717, 1.165) is 25.2 Å². The highest BCUT2D eigenvalue weighted by Gasteiger charge is 2.19. The summed E-state index contributed by atoms with van der Waals surface area (Å²) in [7, 11) is 0. The van der Waals surface area contributed by atoms with Crippen LogP contribution in [0.5, 0.6) is 0 Å². The van der Waals surface area contributed by atoms with E-state index in [1.54, 1.807) is 6.33 Å². The number of aryl methyl sites for hydroxylation is 1. The van der Waals surface area contributed by atoms with Crippen molar-refractivity contribution in [2.75, 3.05) is 0 Å². The average Bonchev–Trinajstić information content (AvgIpc) is 2.51. The molecule has 0 fully saturated rings. The molecule has 74 valence electrons. The number of hydrogen-bond donors (Lipinski definition) is 1. The van der Waals surface area contributed by atoms with Crippen molar-refractivity contribution in [1.82, 2.24) is 14.8 Å². The molecule has 0 aliphatic heterocycles. The smallest absolute Gasteiger partial charge is 0.138 e. The van der Waals surface area contributed by atoms with Crippen LogP contribution in [-0.2, 0) is 13.0 Å². The molecule has 13 heavy (non-hydrogen) atoms. The van der Waals surface area contributed by atoms with Gasteiger partial charge in [-0.3, -0.25) is 4.68 Å². The minimum Gasteiger partial charge on any atom is -0.325 e. The Morgan fingerprint density at radius 1 is 1.54 bits per heavy atom. The summed E-state index contributed by atoms with van der Waals surface area (Å²) < 4.78 is 1.89. The van der Waals surface area contributed by atoms with Crippen molar-refractivity contribution < 1.29 is 0 Å². The molecule has 0 aromatic carbocycles. The first kappa shape index (κ1) is 10.2. The molecule has 1 heterocycles. The number of aromatic nitrogens is 3. The van der Waals surface area contributed by atoms with Crippen LogP contribution in [0, 0.1) is 0 Å². The van der Waals surface area contributed by atoms with Gasteiger partial charge in [-0.1, -0.05) is 6.92 Å². The van der Waals surface area contributed by atoms with Gasteiger partial charge in [0, 0.05) is 18.5 Å². The molecular formula is C9H18N4. The molecule has 1 aromatic rings. The summed E-state index contributed by atoms with van der Waals surface area (Å²) in [6.45, 7) is 7.04. The summed E-state index contributed by atoms with van der Waals surface area (Å²) in [6.07, 6.45) is 3.32. The first-order valence-corrected chi connectivity index (χ1v) is 4.74. The highest BCUT2D eigenvalue weighted by atomic mass is 15.3. The monoisotopic (exact) mass is 182 g/mol. The summed E-state index contributed by atoms with van der Waals surface area (Å²) in [5, 5.41) is 4.10. The minimum absolute atomic E-state index is 0.167. The molecule has 4 nitrogen and oxygen atoms in total. The van der Waals surface area contributed by atoms with Gasteiger partial charge in [-0.15, -0.1) is 0 Å². The maximum absolute atomic E-state index is 6.05. The first-order chi connectivity index (χ1) is 6.09. The molecule has 2 N–H and O–H groups in total. The van der Waals surface area contributed by atoms with E-state index in [4.69, 9.17) is 5.73 Å². The Labute approximate surface area is 79.2 Å². The van der Waals surface area contributed by atoms with Gasteiger partial charge >= 0.3 is 0 Å². The van der Waals surface area contributed by atoms with Crippen molar-refractivity contribution in [1.29, 1.82) is 0 Å². The van der Waals surface area contributed by atoms with E-state index in [1.807, 2.05) is 11.6 Å². The third kappa shape index (κ3) is 2.52. The van der Waals surface area contributed by atoms with Gasteiger partial charge in [-0.2, -0.15) is 5.10 Å². The maximum Gasteiger partial charge on any atom is 0.138 e. The second-order valence-corrected chi connectivity index (χ2v) is 3.68. The fraction of sp³-hybridized carbons (Fsp3) is 0.778. The van der Waals surface area contributed by atoms with E-state index < -0.39 is 0 Å². The van der Waals surface area contributed by atoms with Gasteiger partial charge in [0.1, 0.15) is 12.2 Å². The van der Waals surface area contributed by atoms with Crippen molar-refractivity contribution in [3.05, 3.63) is 12.2 Å². The molecule has 0 saturated heterocycles. The van der Waals surface area contributed by atoms with E-state index in [9.17, 15) is 0 Å². The molecule has 0 spiro atoms. The zero-order valence-corrected chi connectivity index (χ0v) is 8.62. The van der Waals surface area contributed by atoms with Crippen LogP contribution in [0.3, 0.4) is 0 Å². The van der Waals surface area contributed by atoms with E-state index in [2.05, 4.69) is 23.9 Å². The van der Waals surface area contributed by atoms with Crippen LogP contribution >= 0.6 is 0 Å². The highest BCUT2D eigenvalue weighted by molar-refractivity contribution is 4.94. The summed E-state index contributed by atoms with van der Waals surface area (Å²) in [5.74, 6) is 0.981. The third-order valence-electron chi connectivity index (χ3n) is 2.36. The van der Waals surface area contributed by atoms with E-state index >= 15 is 0 Å². The predicted molar refractivity (Wildman–Crippen MR) is 52.3 cm³/mol. The quantitative estimate of drug-likeness (QED) is 0.754. The van der Waals surface area contributed by atoms with Gasteiger partial charge < -0.3 is 5.73 Å². The molecular weight excluding hydrogens is 164 g/mol. The van der Waals surface area contributed by atoms with Crippen molar-refractivity contribution in [2.45, 2.75) is 45.7 Å². The molecule has 1 atom stereocenters. The summed E-state index contributed by atoms with van der Waals surface area (Å²) >= 11 is 0. The lowest BCUT2D eigenvalue weighted by Crippen LogP contribution is -2.38. The van der Waals surface area contributed by atoms with Crippen molar-refractivity contribution in [2.24, 2.45) is 5.73 Å². The summed E-state index contributed by atoms with van der Waals surface area (Å²) in [4.78, 5) is 4.19. The molecule has 1 rings (SSSR count). The molecule has 0 aliphatic carbocycles. The van der Waals surface area contributed by atoms with E-state index in [0.29, 0.717) is 0 Å². The van der Waals surface area contributed by atoms with Crippen molar-refractivity contribution in [3.63, 3.8) is 0 Å². The van der Waals surface area contributed by atoms with Crippen LogP contribution in [0.15, 0.2) is 6.33 Å². The molecule has 0 bridgehead atoms.